The van der Waals surface area contributed by atoms with Crippen LogP contribution in [0.15, 0.2) is 52.4 Å². The molecule has 1 aromatic heterocycles. The van der Waals surface area contributed by atoms with Crippen LogP contribution in [-0.2, 0) is 10.0 Å². The molecule has 0 aliphatic carbocycles. The maximum atomic E-state index is 12.6. The highest BCUT2D eigenvalue weighted by Gasteiger charge is 2.30. The van der Waals surface area contributed by atoms with Crippen LogP contribution in [0.25, 0.3) is 10.9 Å². The zero-order chi connectivity index (χ0) is 17.1. The Morgan fingerprint density at radius 1 is 1.12 bits per heavy atom. The molecule has 0 bridgehead atoms. The first-order valence-electron chi connectivity index (χ1n) is 6.96. The van der Waals surface area contributed by atoms with Gasteiger partial charge in [-0.2, -0.15) is 0 Å². The Kier molecular flexibility index (Phi) is 2.90. The molecule has 0 saturated carbocycles. The minimum Gasteiger partial charge on any atom is -0.494 e. The number of H-pyrrole nitrogens is 1. The Hall–Kier alpha value is -2.97. The summed E-state index contributed by atoms with van der Waals surface area (Å²) in [6.07, 6.45) is 0. The maximum absolute atomic E-state index is 12.6. The second kappa shape index (κ2) is 4.76. The Balaban J connectivity index is 1.98. The van der Waals surface area contributed by atoms with E-state index in [0.29, 0.717) is 22.2 Å². The number of nitrogens with zero attached hydrogens (tertiary/aromatic N) is 1. The molecule has 0 saturated heterocycles. The lowest BCUT2D eigenvalue weighted by molar-refractivity contribution is 0.107. The molecule has 120 valence electrons. The number of hydrogen-bond donors (Lipinski definition) is 3. The van der Waals surface area contributed by atoms with Crippen molar-refractivity contribution < 1.29 is 18.3 Å². The van der Waals surface area contributed by atoms with Crippen LogP contribution in [0.1, 0.15) is 15.9 Å². The van der Waals surface area contributed by atoms with Crippen molar-refractivity contribution in [3.63, 3.8) is 0 Å². The monoisotopic (exact) mass is 341 g/mol. The van der Waals surface area contributed by atoms with Gasteiger partial charge in [-0.15, -0.1) is 0 Å². The number of aliphatic imine (C=N–C) groups is 1. The molecule has 1 aliphatic rings. The van der Waals surface area contributed by atoms with Crippen LogP contribution < -0.4 is 5.14 Å². The Bertz CT molecular complexity index is 1160. The molecule has 0 amide bonds. The molecule has 8 heteroatoms. The van der Waals surface area contributed by atoms with E-state index in [1.54, 1.807) is 24.3 Å². The number of aromatic amines is 1. The number of carbonyl (C=O) groups excluding carboxylic acids is 1. The summed E-state index contributed by atoms with van der Waals surface area (Å²) in [4.78, 5) is 19.5. The van der Waals surface area contributed by atoms with Crippen molar-refractivity contribution in [1.82, 2.24) is 4.98 Å². The van der Waals surface area contributed by atoms with E-state index in [1.165, 1.54) is 18.2 Å². The van der Waals surface area contributed by atoms with Crippen molar-refractivity contribution in [2.75, 3.05) is 0 Å². The van der Waals surface area contributed by atoms with Crippen LogP contribution in [0.3, 0.4) is 0 Å². The first-order valence-corrected chi connectivity index (χ1v) is 8.51. The first-order chi connectivity index (χ1) is 11.4. The van der Waals surface area contributed by atoms with Crippen LogP contribution in [0.5, 0.6) is 5.88 Å². The number of ketones is 1. The molecule has 0 radical (unpaired) electrons. The molecule has 2 aromatic carbocycles. The zero-order valence-electron chi connectivity index (χ0n) is 12.1. The summed E-state index contributed by atoms with van der Waals surface area (Å²) in [6.45, 7) is 0. The van der Waals surface area contributed by atoms with Gasteiger partial charge in [0.05, 0.1) is 16.1 Å². The lowest BCUT2D eigenvalue weighted by atomic mass is 10.0. The topological polar surface area (TPSA) is 126 Å². The van der Waals surface area contributed by atoms with E-state index >= 15 is 0 Å². The van der Waals surface area contributed by atoms with E-state index in [0.717, 1.165) is 0 Å². The molecular weight excluding hydrogens is 330 g/mol. The van der Waals surface area contributed by atoms with Crippen LogP contribution in [0.4, 0.5) is 5.69 Å². The van der Waals surface area contributed by atoms with Gasteiger partial charge in [-0.05, 0) is 30.3 Å². The molecule has 7 nitrogen and oxygen atoms in total. The SMILES string of the molecule is NS(=O)(=O)c1ccc2[nH]c(O)c(C3=Nc4ccccc4C3=O)c2c1. The van der Waals surface area contributed by atoms with Gasteiger partial charge in [0.15, 0.2) is 5.88 Å². The van der Waals surface area contributed by atoms with E-state index in [2.05, 4.69) is 9.98 Å². The highest BCUT2D eigenvalue weighted by Crippen LogP contribution is 2.35. The average molecular weight is 341 g/mol. The van der Waals surface area contributed by atoms with Crippen LogP contribution in [0.2, 0.25) is 0 Å². The van der Waals surface area contributed by atoms with Crippen molar-refractivity contribution in [1.29, 1.82) is 0 Å². The molecule has 0 atom stereocenters. The molecule has 0 spiro atoms. The van der Waals surface area contributed by atoms with Gasteiger partial charge in [0.2, 0.25) is 15.8 Å². The summed E-state index contributed by atoms with van der Waals surface area (Å²) in [5.74, 6) is -0.584. The number of carbonyl (C=O) groups is 1. The highest BCUT2D eigenvalue weighted by atomic mass is 32.2. The first kappa shape index (κ1) is 14.6. The van der Waals surface area contributed by atoms with E-state index in [4.69, 9.17) is 5.14 Å². The van der Waals surface area contributed by atoms with Crippen molar-refractivity contribution >= 4 is 38.1 Å². The third-order valence-corrected chi connectivity index (χ3v) is 4.82. The van der Waals surface area contributed by atoms with Gasteiger partial charge < -0.3 is 10.1 Å². The molecule has 0 unspecified atom stereocenters. The summed E-state index contributed by atoms with van der Waals surface area (Å²) in [5.41, 5.74) is 1.64. The number of fused-ring (bicyclic) bond motifs is 2. The molecule has 24 heavy (non-hydrogen) atoms. The number of benzene rings is 2. The normalized spacial score (nSPS) is 14.0. The number of para-hydroxylation sites is 1. The second-order valence-electron chi connectivity index (χ2n) is 5.41. The lowest BCUT2D eigenvalue weighted by Gasteiger charge is -2.01. The number of sulfonamides is 1. The molecule has 3 aromatic rings. The minimum atomic E-state index is -3.91. The van der Waals surface area contributed by atoms with Gasteiger partial charge in [-0.25, -0.2) is 18.5 Å². The largest absolute Gasteiger partial charge is 0.494 e. The summed E-state index contributed by atoms with van der Waals surface area (Å²) in [6, 6.07) is 10.9. The van der Waals surface area contributed by atoms with Gasteiger partial charge in [-0.3, -0.25) is 4.79 Å². The quantitative estimate of drug-likeness (QED) is 0.657. The summed E-state index contributed by atoms with van der Waals surface area (Å²) < 4.78 is 23.1. The van der Waals surface area contributed by atoms with Gasteiger partial charge in [0, 0.05) is 16.5 Å². The number of Topliss-reactive ketones (excluding diaryl/α,β-unsaturated/α-hetero) is 1. The highest BCUT2D eigenvalue weighted by molar-refractivity contribution is 7.89. The summed E-state index contributed by atoms with van der Waals surface area (Å²) in [5, 5.41) is 15.7. The van der Waals surface area contributed by atoms with E-state index in [9.17, 15) is 18.3 Å². The number of aromatic nitrogens is 1. The van der Waals surface area contributed by atoms with Gasteiger partial charge in [-0.1, -0.05) is 12.1 Å². The summed E-state index contributed by atoms with van der Waals surface area (Å²) in [7, 11) is -3.91. The van der Waals surface area contributed by atoms with Gasteiger partial charge in [0.1, 0.15) is 5.71 Å². The number of nitrogens with one attached hydrogen (secondary N) is 1. The third-order valence-electron chi connectivity index (χ3n) is 3.91. The molecule has 4 rings (SSSR count). The van der Waals surface area contributed by atoms with Crippen molar-refractivity contribution in [3.05, 3.63) is 53.6 Å². The van der Waals surface area contributed by atoms with Crippen LogP contribution in [0, 0.1) is 0 Å². The number of primary sulfonamides is 1. The maximum Gasteiger partial charge on any atom is 0.238 e. The fourth-order valence-corrected chi connectivity index (χ4v) is 3.34. The number of nitrogens with two attached hydrogens (primary N) is 1. The minimum absolute atomic E-state index is 0.0616. The van der Waals surface area contributed by atoms with Crippen molar-refractivity contribution in [2.24, 2.45) is 10.1 Å². The smallest absolute Gasteiger partial charge is 0.238 e. The Morgan fingerprint density at radius 3 is 2.58 bits per heavy atom. The predicted molar refractivity (Wildman–Crippen MR) is 88.3 cm³/mol. The van der Waals surface area contributed by atoms with E-state index in [-0.39, 0.29) is 27.8 Å². The standard InChI is InChI=1S/C16H11N3O4S/c17-24(22,23)8-5-6-12-10(7-8)13(16(21)19-12)14-15(20)9-3-1-2-4-11(9)18-14/h1-7,19,21H,(H2,17,22,23). The fourth-order valence-electron chi connectivity index (χ4n) is 2.80. The molecule has 2 heterocycles. The molecule has 1 aliphatic heterocycles. The predicted octanol–water partition coefficient (Wildman–Crippen LogP) is 1.84. The Morgan fingerprint density at radius 2 is 1.88 bits per heavy atom. The van der Waals surface area contributed by atoms with E-state index in [1.807, 2.05) is 0 Å². The van der Waals surface area contributed by atoms with Crippen molar-refractivity contribution in [2.45, 2.75) is 4.90 Å². The van der Waals surface area contributed by atoms with Crippen LogP contribution in [-0.4, -0.2) is 30.0 Å². The second-order valence-corrected chi connectivity index (χ2v) is 6.97. The number of hydrogen-bond acceptors (Lipinski definition) is 5. The average Bonchev–Trinajstić information content (AvgIpc) is 3.02. The molecular formula is C16H11N3O4S. The van der Waals surface area contributed by atoms with Crippen LogP contribution >= 0.6 is 0 Å². The third kappa shape index (κ3) is 2.04. The number of aromatic hydroxyl groups is 1. The zero-order valence-corrected chi connectivity index (χ0v) is 13.0. The Labute approximate surface area is 136 Å². The van der Waals surface area contributed by atoms with Gasteiger partial charge >= 0.3 is 0 Å². The van der Waals surface area contributed by atoms with Gasteiger partial charge in [0.25, 0.3) is 0 Å². The lowest BCUT2D eigenvalue weighted by Crippen LogP contribution is -2.13. The van der Waals surface area contributed by atoms with E-state index < -0.39 is 10.0 Å². The number of rotatable bonds is 2. The summed E-state index contributed by atoms with van der Waals surface area (Å²) >= 11 is 0. The fraction of sp³-hybridized carbons (Fsp3) is 0. The van der Waals surface area contributed by atoms with Crippen molar-refractivity contribution in [3.8, 4) is 5.88 Å². The molecule has 4 N–H and O–H groups in total. The molecule has 0 fully saturated rings.